The summed E-state index contributed by atoms with van der Waals surface area (Å²) in [4.78, 5) is 35.5. The molecule has 4 rings (SSSR count). The van der Waals surface area contributed by atoms with Gasteiger partial charge in [-0.1, -0.05) is 6.42 Å². The van der Waals surface area contributed by atoms with Gasteiger partial charge in [-0.25, -0.2) is 0 Å². The number of hydrogen-bond acceptors (Lipinski definition) is 5. The van der Waals surface area contributed by atoms with E-state index >= 15 is 0 Å². The highest BCUT2D eigenvalue weighted by atomic mass is 16.5. The maximum atomic E-state index is 12.9. The van der Waals surface area contributed by atoms with Crippen LogP contribution in [0.15, 0.2) is 48.8 Å². The van der Waals surface area contributed by atoms with Crippen LogP contribution in [-0.4, -0.2) is 83.9 Å². The van der Waals surface area contributed by atoms with Gasteiger partial charge in [0.05, 0.1) is 6.61 Å². The lowest BCUT2D eigenvalue weighted by Crippen LogP contribution is -2.50. The van der Waals surface area contributed by atoms with E-state index in [-0.39, 0.29) is 11.8 Å². The number of hydrogen-bond donors (Lipinski definition) is 0. The summed E-state index contributed by atoms with van der Waals surface area (Å²) < 4.78 is 5.86. The van der Waals surface area contributed by atoms with Gasteiger partial charge in [0, 0.05) is 56.2 Å². The summed E-state index contributed by atoms with van der Waals surface area (Å²) in [6.07, 6.45) is 8.24. The van der Waals surface area contributed by atoms with Crippen LogP contribution in [-0.2, 0) is 0 Å². The number of amides is 2. The lowest BCUT2D eigenvalue weighted by molar-refractivity contribution is 0.0535. The highest BCUT2D eigenvalue weighted by Crippen LogP contribution is 2.16. The van der Waals surface area contributed by atoms with Crippen molar-refractivity contribution < 1.29 is 14.3 Å². The van der Waals surface area contributed by atoms with Crippen molar-refractivity contribution in [1.29, 1.82) is 0 Å². The first-order valence-electron chi connectivity index (χ1n) is 11.6. The molecule has 3 heterocycles. The van der Waals surface area contributed by atoms with E-state index in [1.165, 1.54) is 32.4 Å². The number of likely N-dealkylation sites (tertiary alicyclic amines) is 1. The number of ether oxygens (including phenoxy) is 1. The fourth-order valence-corrected chi connectivity index (χ4v) is 4.33. The lowest BCUT2D eigenvalue weighted by Gasteiger charge is -2.34. The molecular weight excluding hydrogens is 404 g/mol. The Morgan fingerprint density at radius 3 is 1.91 bits per heavy atom. The van der Waals surface area contributed by atoms with Crippen molar-refractivity contribution in [3.63, 3.8) is 0 Å². The molecule has 0 saturated carbocycles. The SMILES string of the molecule is O=C(c1ccncc1)N1CCN(C(=O)c2ccc(OCCCN3CCCCC3)cc2)CC1. The molecule has 2 aliphatic heterocycles. The fraction of sp³-hybridized carbons (Fsp3) is 0.480. The van der Waals surface area contributed by atoms with Gasteiger partial charge in [-0.3, -0.25) is 14.6 Å². The maximum Gasteiger partial charge on any atom is 0.254 e. The van der Waals surface area contributed by atoms with Crippen LogP contribution < -0.4 is 4.74 Å². The van der Waals surface area contributed by atoms with E-state index in [0.29, 0.717) is 43.9 Å². The van der Waals surface area contributed by atoms with Gasteiger partial charge >= 0.3 is 0 Å². The van der Waals surface area contributed by atoms with Crippen LogP contribution in [0, 0.1) is 0 Å². The molecule has 0 aliphatic carbocycles. The summed E-state index contributed by atoms with van der Waals surface area (Å²) >= 11 is 0. The molecule has 2 saturated heterocycles. The van der Waals surface area contributed by atoms with E-state index in [2.05, 4.69) is 9.88 Å². The minimum atomic E-state index is -0.0127. The minimum Gasteiger partial charge on any atom is -0.494 e. The van der Waals surface area contributed by atoms with Gasteiger partial charge in [0.15, 0.2) is 0 Å². The quantitative estimate of drug-likeness (QED) is 0.625. The number of rotatable bonds is 7. The first-order valence-corrected chi connectivity index (χ1v) is 11.6. The lowest BCUT2D eigenvalue weighted by atomic mass is 10.1. The van der Waals surface area contributed by atoms with Gasteiger partial charge in [0.1, 0.15) is 5.75 Å². The van der Waals surface area contributed by atoms with Gasteiger partial charge in [-0.15, -0.1) is 0 Å². The molecule has 2 aliphatic rings. The molecule has 0 spiro atoms. The normalized spacial score (nSPS) is 17.2. The number of pyridine rings is 1. The first-order chi connectivity index (χ1) is 15.7. The van der Waals surface area contributed by atoms with Crippen molar-refractivity contribution >= 4 is 11.8 Å². The number of nitrogens with zero attached hydrogens (tertiary/aromatic N) is 4. The summed E-state index contributed by atoms with van der Waals surface area (Å²) in [5.41, 5.74) is 1.28. The molecule has 0 radical (unpaired) electrons. The predicted octanol–water partition coefficient (Wildman–Crippen LogP) is 2.93. The second-order valence-corrected chi connectivity index (χ2v) is 8.45. The van der Waals surface area contributed by atoms with Gasteiger partial charge in [0.2, 0.25) is 0 Å². The van der Waals surface area contributed by atoms with E-state index in [4.69, 9.17) is 4.74 Å². The van der Waals surface area contributed by atoms with E-state index < -0.39 is 0 Å². The molecule has 2 fully saturated rings. The molecule has 2 amide bonds. The van der Waals surface area contributed by atoms with Crippen LogP contribution >= 0.6 is 0 Å². The third-order valence-corrected chi connectivity index (χ3v) is 6.22. The minimum absolute atomic E-state index is 0.00217. The smallest absolute Gasteiger partial charge is 0.254 e. The summed E-state index contributed by atoms with van der Waals surface area (Å²) in [5, 5.41) is 0. The van der Waals surface area contributed by atoms with Crippen LogP contribution in [0.1, 0.15) is 46.4 Å². The molecule has 0 atom stereocenters. The molecule has 1 aromatic heterocycles. The highest BCUT2D eigenvalue weighted by molar-refractivity contribution is 5.96. The Labute approximate surface area is 190 Å². The Kier molecular flexibility index (Phi) is 7.72. The Hall–Kier alpha value is -2.93. The summed E-state index contributed by atoms with van der Waals surface area (Å²) in [6, 6.07) is 10.8. The van der Waals surface area contributed by atoms with Crippen molar-refractivity contribution in [3.05, 3.63) is 59.9 Å². The van der Waals surface area contributed by atoms with Crippen molar-refractivity contribution in [3.8, 4) is 5.75 Å². The average molecular weight is 437 g/mol. The molecule has 32 heavy (non-hydrogen) atoms. The van der Waals surface area contributed by atoms with Gasteiger partial charge in [-0.05, 0) is 68.8 Å². The van der Waals surface area contributed by atoms with Crippen LogP contribution in [0.4, 0.5) is 0 Å². The average Bonchev–Trinajstić information content (AvgIpc) is 2.87. The molecule has 0 N–H and O–H groups in total. The second kappa shape index (κ2) is 11.1. The zero-order valence-electron chi connectivity index (χ0n) is 18.6. The zero-order chi connectivity index (χ0) is 22.2. The summed E-state index contributed by atoms with van der Waals surface area (Å²) in [7, 11) is 0. The summed E-state index contributed by atoms with van der Waals surface area (Å²) in [5.74, 6) is 0.784. The van der Waals surface area contributed by atoms with E-state index in [9.17, 15) is 9.59 Å². The van der Waals surface area contributed by atoms with E-state index in [0.717, 1.165) is 18.7 Å². The van der Waals surface area contributed by atoms with Crippen LogP contribution in [0.2, 0.25) is 0 Å². The molecule has 1 aromatic carbocycles. The molecule has 2 aromatic rings. The summed E-state index contributed by atoms with van der Waals surface area (Å²) in [6.45, 7) is 6.33. The molecule has 0 unspecified atom stereocenters. The Morgan fingerprint density at radius 2 is 1.31 bits per heavy atom. The van der Waals surface area contributed by atoms with Crippen LogP contribution in [0.5, 0.6) is 5.75 Å². The number of benzene rings is 1. The Bertz CT molecular complexity index is 874. The molecule has 0 bridgehead atoms. The number of carbonyl (C=O) groups excluding carboxylic acids is 2. The maximum absolute atomic E-state index is 12.9. The third-order valence-electron chi connectivity index (χ3n) is 6.22. The van der Waals surface area contributed by atoms with Crippen LogP contribution in [0.25, 0.3) is 0 Å². The third kappa shape index (κ3) is 5.85. The zero-order valence-corrected chi connectivity index (χ0v) is 18.6. The predicted molar refractivity (Wildman–Crippen MR) is 123 cm³/mol. The number of carbonyl (C=O) groups is 2. The molecule has 7 nitrogen and oxygen atoms in total. The first kappa shape index (κ1) is 22.3. The van der Waals surface area contributed by atoms with Gasteiger partial charge in [0.25, 0.3) is 11.8 Å². The highest BCUT2D eigenvalue weighted by Gasteiger charge is 2.25. The number of piperidine rings is 1. The Balaban J connectivity index is 1.20. The van der Waals surface area contributed by atoms with Crippen LogP contribution in [0.3, 0.4) is 0 Å². The van der Waals surface area contributed by atoms with E-state index in [1.54, 1.807) is 29.4 Å². The topological polar surface area (TPSA) is 66.0 Å². The molecule has 170 valence electrons. The van der Waals surface area contributed by atoms with Crippen molar-refractivity contribution in [2.75, 3.05) is 52.4 Å². The number of piperazine rings is 1. The number of aromatic nitrogens is 1. The molecular formula is C25H32N4O3. The second-order valence-electron chi connectivity index (χ2n) is 8.45. The van der Waals surface area contributed by atoms with Crippen molar-refractivity contribution in [2.24, 2.45) is 0 Å². The standard InChI is InChI=1S/C25H32N4O3/c30-24(28-16-18-29(19-17-28)25(31)22-9-11-26-12-10-22)21-5-7-23(8-6-21)32-20-4-15-27-13-2-1-3-14-27/h5-12H,1-4,13-20H2. The van der Waals surface area contributed by atoms with E-state index in [1.807, 2.05) is 29.2 Å². The van der Waals surface area contributed by atoms with Gasteiger partial charge < -0.3 is 19.4 Å². The van der Waals surface area contributed by atoms with Crippen molar-refractivity contribution in [1.82, 2.24) is 19.7 Å². The largest absolute Gasteiger partial charge is 0.494 e. The van der Waals surface area contributed by atoms with Crippen molar-refractivity contribution in [2.45, 2.75) is 25.7 Å². The van der Waals surface area contributed by atoms with Gasteiger partial charge in [-0.2, -0.15) is 0 Å². The fourth-order valence-electron chi connectivity index (χ4n) is 4.33. The Morgan fingerprint density at radius 1 is 0.750 bits per heavy atom. The monoisotopic (exact) mass is 436 g/mol. The molecule has 7 heteroatoms.